The second-order valence-electron chi connectivity index (χ2n) is 12.6. The smallest absolute Gasteiger partial charge is 0.309 e. The summed E-state index contributed by atoms with van der Waals surface area (Å²) in [6, 6.07) is 11.2. The molecule has 2 N–H and O–H groups in total. The molecule has 9 nitrogen and oxygen atoms in total. The fourth-order valence-corrected chi connectivity index (χ4v) is 7.29. The maximum absolute atomic E-state index is 15.8. The largest absolute Gasteiger partial charge is 0.468 e. The number of nitrogens with zero attached hydrogens (tertiary/aromatic N) is 2. The molecule has 0 radical (unpaired) electrons. The molecule has 1 aromatic carbocycles. The molecule has 3 aromatic rings. The Hall–Kier alpha value is -3.31. The van der Waals surface area contributed by atoms with Crippen molar-refractivity contribution in [1.82, 2.24) is 9.55 Å². The zero-order valence-electron chi connectivity index (χ0n) is 26.0. The van der Waals surface area contributed by atoms with Gasteiger partial charge in [-0.3, -0.25) is 15.1 Å². The van der Waals surface area contributed by atoms with Crippen molar-refractivity contribution < 1.29 is 32.9 Å². The zero-order valence-corrected chi connectivity index (χ0v) is 26.0. The number of aromatic nitrogens is 2. The van der Waals surface area contributed by atoms with Crippen LogP contribution in [0, 0.1) is 17.7 Å². The van der Waals surface area contributed by atoms with Gasteiger partial charge < -0.3 is 23.7 Å². The first-order valence-corrected chi connectivity index (χ1v) is 16.4. The van der Waals surface area contributed by atoms with Gasteiger partial charge in [0.25, 0.3) is 0 Å². The Morgan fingerprint density at radius 3 is 2.64 bits per heavy atom. The molecule has 3 aliphatic heterocycles. The first-order valence-electron chi connectivity index (χ1n) is 16.4. The van der Waals surface area contributed by atoms with E-state index in [-0.39, 0.29) is 35.8 Å². The third-order valence-corrected chi connectivity index (χ3v) is 9.88. The van der Waals surface area contributed by atoms with Crippen LogP contribution in [-0.2, 0) is 23.7 Å². The number of carbonyl (C=O) groups excluding carboxylic acids is 1. The zero-order chi connectivity index (χ0) is 31.1. The highest BCUT2D eigenvalue weighted by Gasteiger charge is 2.59. The monoisotopic (exact) mass is 619 g/mol. The summed E-state index contributed by atoms with van der Waals surface area (Å²) in [5.74, 6) is 0.101. The van der Waals surface area contributed by atoms with Gasteiger partial charge in [0.2, 0.25) is 0 Å². The number of rotatable bonds is 8. The fourth-order valence-electron chi connectivity index (χ4n) is 7.29. The summed E-state index contributed by atoms with van der Waals surface area (Å²) in [4.78, 5) is 16.9. The van der Waals surface area contributed by atoms with Gasteiger partial charge in [-0.2, -0.15) is 0 Å². The molecule has 2 aromatic heterocycles. The number of hydrogen-bond acceptors (Lipinski definition) is 8. The number of carbonyl (C=O) groups is 1. The van der Waals surface area contributed by atoms with E-state index in [1.54, 1.807) is 0 Å². The molecule has 45 heavy (non-hydrogen) atoms. The number of hydrogen-bond donors (Lipinski definition) is 1. The van der Waals surface area contributed by atoms with Gasteiger partial charge in [0.15, 0.2) is 23.5 Å². The van der Waals surface area contributed by atoms with Crippen LogP contribution in [0.15, 0.2) is 42.5 Å². The maximum Gasteiger partial charge on any atom is 0.309 e. The predicted molar refractivity (Wildman–Crippen MR) is 167 cm³/mol. The summed E-state index contributed by atoms with van der Waals surface area (Å²) in [6.07, 6.45) is 6.96. The summed E-state index contributed by atoms with van der Waals surface area (Å²) < 4.78 is 47.8. The Morgan fingerprint density at radius 2 is 1.93 bits per heavy atom. The Balaban J connectivity index is 1.17. The second-order valence-corrected chi connectivity index (χ2v) is 12.6. The average Bonchev–Trinajstić information content (AvgIpc) is 3.70. The van der Waals surface area contributed by atoms with Crippen LogP contribution in [0.2, 0.25) is 0 Å². The molecule has 0 bridgehead atoms. The third-order valence-electron chi connectivity index (χ3n) is 9.88. The highest BCUT2D eigenvalue weighted by molar-refractivity contribution is 5.82. The van der Waals surface area contributed by atoms with E-state index < -0.39 is 17.6 Å². The number of fused-ring (bicyclic) bond motifs is 2. The quantitative estimate of drug-likeness (QED) is 0.300. The van der Waals surface area contributed by atoms with Crippen LogP contribution in [0.25, 0.3) is 27.9 Å². The summed E-state index contributed by atoms with van der Waals surface area (Å²) in [5, 5.41) is 0. The summed E-state index contributed by atoms with van der Waals surface area (Å²) in [5.41, 5.74) is 10.1. The van der Waals surface area contributed by atoms with Crippen molar-refractivity contribution >= 4 is 22.6 Å². The maximum atomic E-state index is 15.8. The third kappa shape index (κ3) is 5.56. The highest BCUT2D eigenvalue weighted by atomic mass is 19.1. The lowest BCUT2D eigenvalue weighted by Gasteiger charge is -2.31. The molecule has 3 fully saturated rings. The fraction of sp³-hybridized carbons (Fsp3) is 0.543. The van der Waals surface area contributed by atoms with Crippen molar-refractivity contribution in [2.45, 2.75) is 83.0 Å². The molecule has 3 saturated heterocycles. The second kappa shape index (κ2) is 12.5. The number of benzene rings is 1. The van der Waals surface area contributed by atoms with E-state index in [0.29, 0.717) is 55.3 Å². The Morgan fingerprint density at radius 1 is 1.11 bits per heavy atom. The minimum absolute atomic E-state index is 0.0878. The van der Waals surface area contributed by atoms with Crippen molar-refractivity contribution in [2.75, 3.05) is 26.4 Å². The molecule has 0 spiro atoms. The molecule has 0 saturated carbocycles. The van der Waals surface area contributed by atoms with Gasteiger partial charge in [0, 0.05) is 30.2 Å². The molecular formula is C35H42FN3O6. The molecule has 10 heteroatoms. The molecular weight excluding hydrogens is 577 g/mol. The molecule has 1 aliphatic carbocycles. The average molecular weight is 620 g/mol. The number of pyridine rings is 1. The van der Waals surface area contributed by atoms with Crippen molar-refractivity contribution in [1.29, 1.82) is 0 Å². The van der Waals surface area contributed by atoms with Crippen LogP contribution in [0.1, 0.15) is 70.6 Å². The minimum atomic E-state index is -1.05. The van der Waals surface area contributed by atoms with Crippen molar-refractivity contribution in [2.24, 2.45) is 17.6 Å². The first kappa shape index (κ1) is 30.3. The van der Waals surface area contributed by atoms with Crippen molar-refractivity contribution in [3.63, 3.8) is 0 Å². The molecule has 4 unspecified atom stereocenters. The van der Waals surface area contributed by atoms with Crippen LogP contribution in [0.4, 0.5) is 4.39 Å². The number of allylic oxidation sites excluding steroid dienone is 2. The van der Waals surface area contributed by atoms with Crippen molar-refractivity contribution in [3.05, 3.63) is 53.9 Å². The van der Waals surface area contributed by atoms with E-state index in [9.17, 15) is 4.79 Å². The number of esters is 1. The van der Waals surface area contributed by atoms with E-state index in [1.807, 2.05) is 41.8 Å². The first-order chi connectivity index (χ1) is 21.9. The van der Waals surface area contributed by atoms with Crippen LogP contribution < -0.4 is 10.5 Å². The van der Waals surface area contributed by atoms with Gasteiger partial charge in [-0.25, -0.2) is 9.37 Å². The van der Waals surface area contributed by atoms with Gasteiger partial charge in [0.1, 0.15) is 18.0 Å². The van der Waals surface area contributed by atoms with Crippen LogP contribution >= 0.6 is 0 Å². The molecule has 5 heterocycles. The summed E-state index contributed by atoms with van der Waals surface area (Å²) >= 11 is 0. The summed E-state index contributed by atoms with van der Waals surface area (Å²) in [7, 11) is 0. The normalized spacial score (nSPS) is 29.9. The predicted octanol–water partition coefficient (Wildman–Crippen LogP) is 6.15. The lowest BCUT2D eigenvalue weighted by Crippen LogP contribution is -2.56. The number of halogens is 1. The Labute approximate surface area is 262 Å². The lowest BCUT2D eigenvalue weighted by molar-refractivity contribution is -0.148. The molecule has 240 valence electrons. The van der Waals surface area contributed by atoms with Gasteiger partial charge in [0.05, 0.1) is 36.8 Å². The Bertz CT molecular complexity index is 1580. The molecule has 7 rings (SSSR count). The van der Waals surface area contributed by atoms with E-state index >= 15 is 4.39 Å². The van der Waals surface area contributed by atoms with Crippen LogP contribution in [-0.4, -0.2) is 59.9 Å². The van der Waals surface area contributed by atoms with Crippen LogP contribution in [0.5, 0.6) is 5.88 Å². The van der Waals surface area contributed by atoms with E-state index in [1.165, 1.54) is 11.6 Å². The molecule has 0 amide bonds. The van der Waals surface area contributed by atoms with Crippen LogP contribution in [0.3, 0.4) is 0 Å². The van der Waals surface area contributed by atoms with Gasteiger partial charge in [-0.15, -0.1) is 0 Å². The highest BCUT2D eigenvalue weighted by Crippen LogP contribution is 2.42. The van der Waals surface area contributed by atoms with Gasteiger partial charge in [-0.1, -0.05) is 37.3 Å². The standard InChI is InChI=1S/C35H42FN3O6/c1-3-21-19-44-35(37)29(20-43-33(21)35)45-31-18-27-28(39(31)30-7-5-6-16-42-30)17-26(36)32(38-27)24-12-8-22(9-13-24)23-10-14-25(15-11-23)34(40)41-4-2/h8-10,12-13,17-18,21,25,29-30,33H,3-7,11,14-16,19-20,37H2,1-2H3/t21-,25?,29-,30?,33?,35?/m1/s1. The summed E-state index contributed by atoms with van der Waals surface area (Å²) in [6.45, 7) is 5.80. The van der Waals surface area contributed by atoms with Gasteiger partial charge in [-0.05, 0) is 63.0 Å². The van der Waals surface area contributed by atoms with E-state index in [0.717, 1.165) is 44.1 Å². The number of ether oxygens (including phenoxy) is 5. The van der Waals surface area contributed by atoms with Crippen molar-refractivity contribution in [3.8, 4) is 17.1 Å². The van der Waals surface area contributed by atoms with E-state index in [4.69, 9.17) is 34.4 Å². The SMILES string of the molecule is CCOC(=O)C1CC=C(c2ccc(-c3nc4cc(O[C@@H]5COC6[C@H](CC)COC65N)n(C5CCCCO5)c4cc3F)cc2)CC1. The Kier molecular flexibility index (Phi) is 8.41. The van der Waals surface area contributed by atoms with Gasteiger partial charge >= 0.3 is 5.97 Å². The van der Waals surface area contributed by atoms with E-state index in [2.05, 4.69) is 13.0 Å². The topological polar surface area (TPSA) is 107 Å². The number of nitrogens with two attached hydrogens (primary N) is 1. The lowest BCUT2D eigenvalue weighted by atomic mass is 9.86. The molecule has 6 atom stereocenters. The molecule has 4 aliphatic rings. The minimum Gasteiger partial charge on any atom is -0.468 e.